The van der Waals surface area contributed by atoms with Crippen molar-refractivity contribution < 1.29 is 17.7 Å². The van der Waals surface area contributed by atoms with E-state index in [0.29, 0.717) is 12.2 Å². The smallest absolute Gasteiger partial charge is 0.319 e. The summed E-state index contributed by atoms with van der Waals surface area (Å²) in [6, 6.07) is 17.1. The van der Waals surface area contributed by atoms with Gasteiger partial charge in [0.25, 0.3) is 5.91 Å². The summed E-state index contributed by atoms with van der Waals surface area (Å²) >= 11 is 0. The van der Waals surface area contributed by atoms with Crippen LogP contribution in [0.15, 0.2) is 63.5 Å². The molecule has 3 rings (SSSR count). The fourth-order valence-electron chi connectivity index (χ4n) is 3.08. The minimum absolute atomic E-state index is 0.459. The van der Waals surface area contributed by atoms with Crippen molar-refractivity contribution in [2.45, 2.75) is 26.2 Å². The van der Waals surface area contributed by atoms with Gasteiger partial charge in [0.05, 0.1) is 11.5 Å². The highest BCUT2D eigenvalue weighted by atomic mass is 32.2. The molecule has 0 bridgehead atoms. The molecule has 0 aliphatic rings. The third kappa shape index (κ3) is 4.03. The maximum absolute atomic E-state index is 12.0. The van der Waals surface area contributed by atoms with E-state index in [0.717, 1.165) is 27.9 Å². The zero-order chi connectivity index (χ0) is 19.4. The number of aryl methyl sites for hydroxylation is 1. The third-order valence-corrected chi connectivity index (χ3v) is 4.71. The van der Waals surface area contributed by atoms with Gasteiger partial charge in [-0.1, -0.05) is 71.0 Å². The maximum atomic E-state index is 12.0. The van der Waals surface area contributed by atoms with Gasteiger partial charge in [0.1, 0.15) is 11.5 Å². The van der Waals surface area contributed by atoms with Gasteiger partial charge in [-0.25, -0.2) is 0 Å². The molecule has 2 aromatic carbocycles. The van der Waals surface area contributed by atoms with Crippen LogP contribution in [0.3, 0.4) is 0 Å². The molecule has 0 saturated carbocycles. The van der Waals surface area contributed by atoms with Crippen LogP contribution in [0.5, 0.6) is 0 Å². The number of amides is 1. The zero-order valence-corrected chi connectivity index (χ0v) is 15.7. The van der Waals surface area contributed by atoms with Gasteiger partial charge in [-0.15, -0.1) is 0 Å². The number of hydrogen-bond donors (Lipinski definition) is 0. The highest BCUT2D eigenvalue weighted by molar-refractivity contribution is 7.62. The van der Waals surface area contributed by atoms with Crippen LogP contribution < -0.4 is 0 Å². The van der Waals surface area contributed by atoms with Crippen molar-refractivity contribution in [3.05, 3.63) is 65.9 Å². The topological polar surface area (TPSA) is 89.6 Å². The number of aromatic nitrogens is 1. The highest BCUT2D eigenvalue weighted by Crippen LogP contribution is 2.35. The lowest BCUT2D eigenvalue weighted by molar-refractivity contribution is -0.119. The Morgan fingerprint density at radius 3 is 2.33 bits per heavy atom. The van der Waals surface area contributed by atoms with E-state index in [-0.39, 0.29) is 0 Å². The number of benzene rings is 2. The Kier molecular flexibility index (Phi) is 5.61. The molecular weight excluding hydrogens is 364 g/mol. The van der Waals surface area contributed by atoms with Crippen molar-refractivity contribution in [3.63, 3.8) is 0 Å². The van der Waals surface area contributed by atoms with E-state index >= 15 is 0 Å². The Hall–Kier alpha value is -3.06. The summed E-state index contributed by atoms with van der Waals surface area (Å²) in [6.07, 6.45) is 0.459. The molecule has 7 heteroatoms. The molecule has 0 N–H and O–H groups in total. The van der Waals surface area contributed by atoms with Crippen LogP contribution in [0, 0.1) is 6.92 Å². The van der Waals surface area contributed by atoms with Gasteiger partial charge in [0.2, 0.25) is 0 Å². The van der Waals surface area contributed by atoms with E-state index in [9.17, 15) is 13.2 Å². The van der Waals surface area contributed by atoms with Crippen molar-refractivity contribution in [2.24, 2.45) is 4.36 Å². The van der Waals surface area contributed by atoms with Crippen LogP contribution in [0.25, 0.3) is 22.4 Å². The molecule has 0 fully saturated rings. The Labute approximate surface area is 158 Å². The molecule has 138 valence electrons. The second-order valence-electron chi connectivity index (χ2n) is 6.06. The van der Waals surface area contributed by atoms with Crippen LogP contribution in [0.1, 0.15) is 30.6 Å². The largest absolute Gasteiger partial charge is 0.360 e. The lowest BCUT2D eigenvalue weighted by Crippen LogP contribution is -2.09. The van der Waals surface area contributed by atoms with Gasteiger partial charge < -0.3 is 4.52 Å². The molecule has 0 radical (unpaired) electrons. The Morgan fingerprint density at radius 1 is 1.07 bits per heavy atom. The first-order valence-electron chi connectivity index (χ1n) is 8.48. The minimum Gasteiger partial charge on any atom is -0.360 e. The molecule has 0 aliphatic carbocycles. The molecular formula is C20H18N2O4S. The number of carbonyl (C=O) groups is 1. The quantitative estimate of drug-likeness (QED) is 0.652. The van der Waals surface area contributed by atoms with Crippen LogP contribution in [-0.4, -0.2) is 19.5 Å². The van der Waals surface area contributed by atoms with E-state index in [4.69, 9.17) is 4.52 Å². The molecule has 1 aromatic heterocycles. The molecule has 1 unspecified atom stereocenters. The summed E-state index contributed by atoms with van der Waals surface area (Å²) in [5, 5.41) is 4.18. The number of rotatable bonds is 5. The summed E-state index contributed by atoms with van der Waals surface area (Å²) in [5.41, 5.74) is 4.21. The average molecular weight is 382 g/mol. The van der Waals surface area contributed by atoms with Crippen molar-refractivity contribution in [3.8, 4) is 22.4 Å². The fourth-order valence-corrected chi connectivity index (χ4v) is 3.35. The number of hydrogen-bond acceptors (Lipinski definition) is 5. The summed E-state index contributed by atoms with van der Waals surface area (Å²) < 4.78 is 29.9. The summed E-state index contributed by atoms with van der Waals surface area (Å²) in [4.78, 5) is 12.0. The number of carbonyl (C=O) groups excluding carboxylic acids is 1. The van der Waals surface area contributed by atoms with Gasteiger partial charge in [0.15, 0.2) is 0 Å². The predicted molar refractivity (Wildman–Crippen MR) is 101 cm³/mol. The third-order valence-electron chi connectivity index (χ3n) is 4.38. The standard InChI is InChI=1S/C20H18N2O4S/c1-3-17(20(23)22-27(24)25)14-9-11-15(12-10-14)18-13(2)26-21-19(18)16-7-5-4-6-8-16/h4-12,17H,3H2,1-2H3. The Balaban J connectivity index is 1.98. The van der Waals surface area contributed by atoms with Crippen molar-refractivity contribution in [2.75, 3.05) is 0 Å². The molecule has 3 aromatic rings. The zero-order valence-electron chi connectivity index (χ0n) is 14.9. The first kappa shape index (κ1) is 18.7. The van der Waals surface area contributed by atoms with E-state index in [1.54, 1.807) is 0 Å². The van der Waals surface area contributed by atoms with Crippen molar-refractivity contribution in [1.29, 1.82) is 0 Å². The second kappa shape index (κ2) is 8.09. The normalized spacial score (nSPS) is 11.8. The Morgan fingerprint density at radius 2 is 1.74 bits per heavy atom. The van der Waals surface area contributed by atoms with Crippen molar-refractivity contribution >= 4 is 16.4 Å². The molecule has 6 nitrogen and oxygen atoms in total. The Bertz CT molecular complexity index is 1080. The van der Waals surface area contributed by atoms with Crippen LogP contribution in [0.4, 0.5) is 0 Å². The molecule has 0 saturated heterocycles. The number of nitrogens with zero attached hydrogens (tertiary/aromatic N) is 2. The molecule has 0 aliphatic heterocycles. The molecule has 0 spiro atoms. The predicted octanol–water partition coefficient (Wildman–Crippen LogP) is 4.40. The van der Waals surface area contributed by atoms with E-state index in [2.05, 4.69) is 9.52 Å². The van der Waals surface area contributed by atoms with Gasteiger partial charge in [0, 0.05) is 5.56 Å². The van der Waals surface area contributed by atoms with Gasteiger partial charge in [-0.05, 0) is 24.5 Å². The lowest BCUT2D eigenvalue weighted by Gasteiger charge is -2.11. The van der Waals surface area contributed by atoms with Crippen LogP contribution in [0.2, 0.25) is 0 Å². The summed E-state index contributed by atoms with van der Waals surface area (Å²) in [7, 11) is -2.74. The molecule has 1 heterocycles. The minimum atomic E-state index is -2.74. The van der Waals surface area contributed by atoms with Crippen LogP contribution in [-0.2, 0) is 15.3 Å². The fraction of sp³-hybridized carbons (Fsp3) is 0.200. The van der Waals surface area contributed by atoms with Gasteiger partial charge in [-0.3, -0.25) is 4.79 Å². The molecule has 1 atom stereocenters. The molecule has 27 heavy (non-hydrogen) atoms. The monoisotopic (exact) mass is 382 g/mol. The lowest BCUT2D eigenvalue weighted by atomic mass is 9.92. The molecule has 1 amide bonds. The second-order valence-corrected chi connectivity index (χ2v) is 6.67. The first-order chi connectivity index (χ1) is 13.0. The van der Waals surface area contributed by atoms with E-state index < -0.39 is 22.3 Å². The first-order valence-corrected chi connectivity index (χ1v) is 9.51. The highest BCUT2D eigenvalue weighted by Gasteiger charge is 2.20. The van der Waals surface area contributed by atoms with E-state index in [1.165, 1.54) is 0 Å². The maximum Gasteiger partial charge on any atom is 0.319 e. The average Bonchev–Trinajstić information content (AvgIpc) is 3.04. The SMILES string of the molecule is CCC(C(=O)N=S(=O)=O)c1ccc(-c2c(-c3ccccc3)noc2C)cc1. The summed E-state index contributed by atoms with van der Waals surface area (Å²) in [5.74, 6) is -0.555. The van der Waals surface area contributed by atoms with Gasteiger partial charge >= 0.3 is 10.5 Å². The van der Waals surface area contributed by atoms with Crippen LogP contribution >= 0.6 is 0 Å². The van der Waals surface area contributed by atoms with Crippen molar-refractivity contribution in [1.82, 2.24) is 5.16 Å². The summed E-state index contributed by atoms with van der Waals surface area (Å²) in [6.45, 7) is 3.67. The van der Waals surface area contributed by atoms with Gasteiger partial charge in [-0.2, -0.15) is 8.42 Å². The van der Waals surface area contributed by atoms with E-state index in [1.807, 2.05) is 68.4 Å².